The lowest BCUT2D eigenvalue weighted by Gasteiger charge is -2.18. The minimum absolute atomic E-state index is 0.376. The van der Waals surface area contributed by atoms with Crippen molar-refractivity contribution < 1.29 is 0 Å². The Bertz CT molecular complexity index is 429. The van der Waals surface area contributed by atoms with E-state index in [4.69, 9.17) is 18.0 Å². The molecule has 0 aliphatic heterocycles. The van der Waals surface area contributed by atoms with Crippen LogP contribution in [0.15, 0.2) is 12.3 Å². The van der Waals surface area contributed by atoms with Gasteiger partial charge in [0.05, 0.1) is 5.56 Å². The van der Waals surface area contributed by atoms with E-state index in [0.29, 0.717) is 11.0 Å². The van der Waals surface area contributed by atoms with Gasteiger partial charge in [0, 0.05) is 12.2 Å². The third-order valence-corrected chi connectivity index (χ3v) is 3.41. The first kappa shape index (κ1) is 15.9. The molecular weight excluding hydrogens is 254 g/mol. The monoisotopic (exact) mass is 279 g/mol. The van der Waals surface area contributed by atoms with Crippen molar-refractivity contribution in [3.8, 4) is 0 Å². The summed E-state index contributed by atoms with van der Waals surface area (Å²) >= 11 is 5.11. The fourth-order valence-electron chi connectivity index (χ4n) is 2.12. The first-order chi connectivity index (χ1) is 8.91. The summed E-state index contributed by atoms with van der Waals surface area (Å²) in [6.45, 7) is 8.69. The largest absolute Gasteiger partial charge is 0.389 e. The minimum Gasteiger partial charge on any atom is -0.389 e. The van der Waals surface area contributed by atoms with Crippen LogP contribution in [0.5, 0.6) is 0 Å². The van der Waals surface area contributed by atoms with Gasteiger partial charge in [-0.3, -0.25) is 0 Å². The molecule has 106 valence electrons. The number of pyridine rings is 1. The molecule has 0 aliphatic rings. The van der Waals surface area contributed by atoms with Crippen molar-refractivity contribution in [1.82, 2.24) is 4.98 Å². The number of aromatic nitrogens is 1. The summed E-state index contributed by atoms with van der Waals surface area (Å²) in [5, 5.41) is 3.43. The van der Waals surface area contributed by atoms with Crippen molar-refractivity contribution in [3.05, 3.63) is 23.4 Å². The summed E-state index contributed by atoms with van der Waals surface area (Å²) < 4.78 is 0. The molecule has 0 radical (unpaired) electrons. The molecule has 4 heteroatoms. The van der Waals surface area contributed by atoms with Gasteiger partial charge in [-0.15, -0.1) is 0 Å². The van der Waals surface area contributed by atoms with Gasteiger partial charge < -0.3 is 11.1 Å². The minimum atomic E-state index is 0.376. The maximum Gasteiger partial charge on any atom is 0.136 e. The van der Waals surface area contributed by atoms with Crippen LogP contribution in [-0.2, 0) is 0 Å². The third-order valence-electron chi connectivity index (χ3n) is 3.21. The van der Waals surface area contributed by atoms with Gasteiger partial charge in [-0.1, -0.05) is 38.9 Å². The lowest BCUT2D eigenvalue weighted by molar-refractivity contribution is 0.520. The summed E-state index contributed by atoms with van der Waals surface area (Å²) in [6.07, 6.45) is 5.40. The molecule has 1 atom stereocenters. The van der Waals surface area contributed by atoms with Crippen molar-refractivity contribution in [2.45, 2.75) is 53.0 Å². The van der Waals surface area contributed by atoms with E-state index in [2.05, 4.69) is 31.1 Å². The first-order valence-electron chi connectivity index (χ1n) is 6.93. The number of hydrogen-bond acceptors (Lipinski definition) is 3. The fourth-order valence-corrected chi connectivity index (χ4v) is 2.37. The molecule has 3 N–H and O–H groups in total. The van der Waals surface area contributed by atoms with Crippen molar-refractivity contribution in [2.75, 3.05) is 5.32 Å². The molecule has 1 heterocycles. The SMILES string of the molecule is Cc1ccnc(NC(C)CCCC(C)C)c1C(N)=S. The van der Waals surface area contributed by atoms with Crippen LogP contribution >= 0.6 is 12.2 Å². The maximum absolute atomic E-state index is 5.78. The van der Waals surface area contributed by atoms with Gasteiger partial charge in [-0.25, -0.2) is 4.98 Å². The maximum atomic E-state index is 5.78. The Morgan fingerprint density at radius 3 is 2.63 bits per heavy atom. The van der Waals surface area contributed by atoms with E-state index >= 15 is 0 Å². The van der Waals surface area contributed by atoms with E-state index in [1.54, 1.807) is 6.20 Å². The van der Waals surface area contributed by atoms with Crippen LogP contribution in [0.25, 0.3) is 0 Å². The Balaban J connectivity index is 2.66. The highest BCUT2D eigenvalue weighted by Gasteiger charge is 2.12. The molecule has 0 bridgehead atoms. The number of hydrogen-bond donors (Lipinski definition) is 2. The van der Waals surface area contributed by atoms with Crippen LogP contribution in [-0.4, -0.2) is 16.0 Å². The Morgan fingerprint density at radius 1 is 1.37 bits per heavy atom. The van der Waals surface area contributed by atoms with Crippen molar-refractivity contribution in [1.29, 1.82) is 0 Å². The standard InChI is InChI=1S/C15H25N3S/c1-10(2)6-5-7-12(4)18-15-13(14(16)19)11(3)8-9-17-15/h8-10,12H,5-7H2,1-4H3,(H2,16,19)(H,17,18). The lowest BCUT2D eigenvalue weighted by Crippen LogP contribution is -2.21. The van der Waals surface area contributed by atoms with Gasteiger partial charge in [-0.2, -0.15) is 0 Å². The molecule has 3 nitrogen and oxygen atoms in total. The van der Waals surface area contributed by atoms with Crippen molar-refractivity contribution in [3.63, 3.8) is 0 Å². The highest BCUT2D eigenvalue weighted by atomic mass is 32.1. The molecule has 1 aromatic rings. The third kappa shape index (κ3) is 5.15. The van der Waals surface area contributed by atoms with Crippen LogP contribution in [0.3, 0.4) is 0 Å². The van der Waals surface area contributed by atoms with Crippen LogP contribution in [0.2, 0.25) is 0 Å². The van der Waals surface area contributed by atoms with E-state index in [1.807, 2.05) is 13.0 Å². The van der Waals surface area contributed by atoms with Crippen molar-refractivity contribution >= 4 is 23.0 Å². The van der Waals surface area contributed by atoms with E-state index in [-0.39, 0.29) is 0 Å². The van der Waals surface area contributed by atoms with E-state index in [1.165, 1.54) is 12.8 Å². The summed E-state index contributed by atoms with van der Waals surface area (Å²) in [7, 11) is 0. The zero-order valence-corrected chi connectivity index (χ0v) is 13.2. The normalized spacial score (nSPS) is 12.5. The number of thiocarbonyl (C=S) groups is 1. The fraction of sp³-hybridized carbons (Fsp3) is 0.600. The number of nitrogens with two attached hydrogens (primary N) is 1. The molecule has 19 heavy (non-hydrogen) atoms. The average Bonchev–Trinajstić information content (AvgIpc) is 2.27. The highest BCUT2D eigenvalue weighted by molar-refractivity contribution is 7.80. The predicted molar refractivity (Wildman–Crippen MR) is 86.6 cm³/mol. The Labute approximate surface area is 122 Å². The molecular formula is C15H25N3S. The molecule has 0 amide bonds. The molecule has 1 unspecified atom stereocenters. The van der Waals surface area contributed by atoms with Crippen LogP contribution < -0.4 is 11.1 Å². The highest BCUT2D eigenvalue weighted by Crippen LogP contribution is 2.19. The van der Waals surface area contributed by atoms with Gasteiger partial charge in [0.25, 0.3) is 0 Å². The lowest BCUT2D eigenvalue weighted by atomic mass is 10.0. The van der Waals surface area contributed by atoms with Gasteiger partial charge >= 0.3 is 0 Å². The van der Waals surface area contributed by atoms with E-state index < -0.39 is 0 Å². The summed E-state index contributed by atoms with van der Waals surface area (Å²) in [4.78, 5) is 4.77. The Hall–Kier alpha value is -1.16. The number of nitrogens with one attached hydrogen (secondary N) is 1. The second kappa shape index (κ2) is 7.43. The Kier molecular flexibility index (Phi) is 6.22. The topological polar surface area (TPSA) is 50.9 Å². The summed E-state index contributed by atoms with van der Waals surface area (Å²) in [5.74, 6) is 1.57. The first-order valence-corrected chi connectivity index (χ1v) is 7.34. The zero-order chi connectivity index (χ0) is 14.4. The quantitative estimate of drug-likeness (QED) is 0.748. The van der Waals surface area contributed by atoms with E-state index in [0.717, 1.165) is 29.3 Å². The molecule has 1 rings (SSSR count). The molecule has 1 aromatic heterocycles. The van der Waals surface area contributed by atoms with E-state index in [9.17, 15) is 0 Å². The molecule has 0 saturated heterocycles. The second-order valence-electron chi connectivity index (χ2n) is 5.59. The number of rotatable bonds is 7. The average molecular weight is 279 g/mol. The summed E-state index contributed by atoms with van der Waals surface area (Å²) in [6, 6.07) is 2.31. The molecule has 0 aromatic carbocycles. The van der Waals surface area contributed by atoms with Gasteiger partial charge in [0.2, 0.25) is 0 Å². The second-order valence-corrected chi connectivity index (χ2v) is 6.03. The van der Waals surface area contributed by atoms with Gasteiger partial charge in [0.1, 0.15) is 10.8 Å². The number of aryl methyl sites for hydroxylation is 1. The number of nitrogens with zero attached hydrogens (tertiary/aromatic N) is 1. The smallest absolute Gasteiger partial charge is 0.136 e. The predicted octanol–water partition coefficient (Wildman–Crippen LogP) is 3.65. The molecule has 0 fully saturated rings. The van der Waals surface area contributed by atoms with Crippen LogP contribution in [0.1, 0.15) is 51.2 Å². The molecule has 0 aliphatic carbocycles. The van der Waals surface area contributed by atoms with Crippen molar-refractivity contribution in [2.24, 2.45) is 11.7 Å². The van der Waals surface area contributed by atoms with Crippen LogP contribution in [0, 0.1) is 12.8 Å². The summed E-state index contributed by atoms with van der Waals surface area (Å²) in [5.41, 5.74) is 7.72. The molecule has 0 spiro atoms. The Morgan fingerprint density at radius 2 is 2.05 bits per heavy atom. The molecule has 0 saturated carbocycles. The van der Waals surface area contributed by atoms with Gasteiger partial charge in [-0.05, 0) is 37.8 Å². The van der Waals surface area contributed by atoms with Crippen LogP contribution in [0.4, 0.5) is 5.82 Å². The zero-order valence-electron chi connectivity index (χ0n) is 12.4. The van der Waals surface area contributed by atoms with Gasteiger partial charge in [0.15, 0.2) is 0 Å². The number of anilines is 1.